The minimum Gasteiger partial charge on any atom is -0.481 e. The van der Waals surface area contributed by atoms with Gasteiger partial charge in [-0.3, -0.25) is 52.7 Å². The summed E-state index contributed by atoms with van der Waals surface area (Å²) in [5.74, 6) is -14.7. The number of carbonyl (C=O) groups is 12. The molecule has 0 radical (unpaired) electrons. The second-order valence-electron chi connectivity index (χ2n) is 26.5. The number of hydrogen-bond acceptors (Lipinski definition) is 16. The Morgan fingerprint density at radius 2 is 0.934 bits per heavy atom. The molecule has 1 rings (SSSR count). The summed E-state index contributed by atoms with van der Waals surface area (Å²) in [5, 5.41) is 67.0. The van der Waals surface area contributed by atoms with E-state index in [1.165, 1.54) is 40.0 Å². The van der Waals surface area contributed by atoms with Crippen molar-refractivity contribution in [1.82, 2.24) is 53.2 Å². The van der Waals surface area contributed by atoms with Crippen LogP contribution in [0.3, 0.4) is 0 Å². The first-order valence-electron chi connectivity index (χ1n) is 33.0. The zero-order valence-electron chi connectivity index (χ0n) is 56.6. The fourth-order valence-corrected chi connectivity index (χ4v) is 10.3. The van der Waals surface area contributed by atoms with Gasteiger partial charge in [0.15, 0.2) is 0 Å². The van der Waals surface area contributed by atoms with Crippen molar-refractivity contribution in [2.24, 2.45) is 35.5 Å². The number of ether oxygens (including phenoxy) is 1. The fourth-order valence-electron chi connectivity index (χ4n) is 10.3. The minimum atomic E-state index is -1.99. The third-order valence-electron chi connectivity index (χ3n) is 15.7. The second kappa shape index (κ2) is 43.4. The molecule has 27 nitrogen and oxygen atoms in total. The molecular weight excluding hydrogens is 1180 g/mol. The largest absolute Gasteiger partial charge is 0.481 e. The van der Waals surface area contributed by atoms with E-state index in [0.717, 1.165) is 32.1 Å². The molecule has 0 saturated carbocycles. The predicted octanol–water partition coefficient (Wildman–Crippen LogP) is 2.19. The number of aliphatic carboxylic acids is 1. The van der Waals surface area contributed by atoms with Crippen LogP contribution in [-0.4, -0.2) is 177 Å². The summed E-state index contributed by atoms with van der Waals surface area (Å²) in [6, 6.07) is -15.7. The number of nitrogens with one attached hydrogen (secondary N) is 10. The van der Waals surface area contributed by atoms with E-state index in [1.54, 1.807) is 69.2 Å². The van der Waals surface area contributed by atoms with Gasteiger partial charge < -0.3 is 78.3 Å². The molecule has 13 unspecified atom stereocenters. The molecule has 0 aliphatic carbocycles. The van der Waals surface area contributed by atoms with Gasteiger partial charge in [-0.1, -0.05) is 154 Å². The van der Waals surface area contributed by atoms with Gasteiger partial charge in [0.1, 0.15) is 66.5 Å². The summed E-state index contributed by atoms with van der Waals surface area (Å²) in [5.41, 5.74) is 0. The van der Waals surface area contributed by atoms with Crippen molar-refractivity contribution in [3.8, 4) is 0 Å². The van der Waals surface area contributed by atoms with E-state index in [0.29, 0.717) is 12.8 Å². The van der Waals surface area contributed by atoms with Crippen molar-refractivity contribution in [2.45, 2.75) is 285 Å². The van der Waals surface area contributed by atoms with Crippen molar-refractivity contribution < 1.29 is 82.7 Å². The second-order valence-corrected chi connectivity index (χ2v) is 26.5. The number of aliphatic hydroxyl groups is 3. The molecule has 1 saturated heterocycles. The molecule has 91 heavy (non-hydrogen) atoms. The average molecular weight is 1300 g/mol. The summed E-state index contributed by atoms with van der Waals surface area (Å²) in [6.45, 7) is 21.8. The summed E-state index contributed by atoms with van der Waals surface area (Å²) in [7, 11) is 0. The quantitative estimate of drug-likeness (QED) is 0.0331. The van der Waals surface area contributed by atoms with Crippen LogP contribution in [0.1, 0.15) is 213 Å². The van der Waals surface area contributed by atoms with Crippen molar-refractivity contribution in [2.75, 3.05) is 13.2 Å². The van der Waals surface area contributed by atoms with Crippen LogP contribution in [0.4, 0.5) is 0 Å². The lowest BCUT2D eigenvalue weighted by Crippen LogP contribution is -2.63. The third-order valence-corrected chi connectivity index (χ3v) is 15.7. The predicted molar refractivity (Wildman–Crippen MR) is 340 cm³/mol. The molecule has 0 aromatic carbocycles. The van der Waals surface area contributed by atoms with Crippen LogP contribution in [0.15, 0.2) is 0 Å². The Morgan fingerprint density at radius 3 is 1.36 bits per heavy atom. The summed E-state index contributed by atoms with van der Waals surface area (Å²) >= 11 is 0. The summed E-state index contributed by atoms with van der Waals surface area (Å²) in [4.78, 5) is 168. The normalized spacial score (nSPS) is 23.6. The topological polar surface area (TPSA) is 415 Å². The lowest BCUT2D eigenvalue weighted by Gasteiger charge is -2.32. The average Bonchev–Trinajstić information content (AvgIpc) is 1.67. The highest BCUT2D eigenvalue weighted by Crippen LogP contribution is 2.18. The standard InChI is InChI=1S/C64H114N10O17/c1-15-17-18-19-20-21-22-23-24-25-42(77)32-50(78)65-44(28-35(3)4)56(82)66-43(26-27-51(79)80)55(81)74-54-41(14)91-64(90)52(39(11)12)72-61(87)49(34-76)71-58(84)46(30-37(7)8)67-57(83)45(29-36(5)6)68-60(86)48(33-75)70-59(85)47(31-38(9)10)69-62(88)53(40(13)16-2)73-63(54)89/h35-49,52-54,75-77H,15-34H2,1-14H3,(H,65,78)(H,66,82)(H,67,83)(H,68,86)(H,69,88)(H,70,85)(H,71,84)(H,72,87)(H,73,89)(H,74,81)(H,79,80). The van der Waals surface area contributed by atoms with E-state index in [4.69, 9.17) is 4.74 Å². The molecule has 1 heterocycles. The number of carboxylic acid groups (broad SMARTS) is 1. The Morgan fingerprint density at radius 1 is 0.505 bits per heavy atom. The molecule has 10 amide bonds. The molecule has 1 aliphatic heterocycles. The lowest BCUT2D eigenvalue weighted by molar-refractivity contribution is -0.157. The van der Waals surface area contributed by atoms with Gasteiger partial charge in [0.25, 0.3) is 0 Å². The molecule has 0 aromatic rings. The van der Waals surface area contributed by atoms with Crippen LogP contribution in [0.2, 0.25) is 0 Å². The number of carbonyl (C=O) groups excluding carboxylic acids is 11. The molecule has 1 fully saturated rings. The zero-order chi connectivity index (χ0) is 69.2. The van der Waals surface area contributed by atoms with E-state index in [-0.39, 0.29) is 62.2 Å². The molecule has 27 heteroatoms. The van der Waals surface area contributed by atoms with E-state index < -0.39 is 182 Å². The van der Waals surface area contributed by atoms with Gasteiger partial charge in [0, 0.05) is 6.42 Å². The number of hydrogen-bond donors (Lipinski definition) is 14. The van der Waals surface area contributed by atoms with Gasteiger partial charge in [-0.25, -0.2) is 4.79 Å². The number of carboxylic acids is 1. The highest BCUT2D eigenvalue weighted by Gasteiger charge is 2.41. The van der Waals surface area contributed by atoms with Crippen LogP contribution >= 0.6 is 0 Å². The Bertz CT molecular complexity index is 2340. The van der Waals surface area contributed by atoms with E-state index in [1.807, 2.05) is 0 Å². The Labute approximate surface area is 538 Å². The van der Waals surface area contributed by atoms with Gasteiger partial charge in [-0.2, -0.15) is 0 Å². The van der Waals surface area contributed by atoms with E-state index >= 15 is 0 Å². The van der Waals surface area contributed by atoms with Gasteiger partial charge in [-0.15, -0.1) is 0 Å². The van der Waals surface area contributed by atoms with Crippen molar-refractivity contribution in [3.63, 3.8) is 0 Å². The molecule has 13 atom stereocenters. The smallest absolute Gasteiger partial charge is 0.329 e. The first-order chi connectivity index (χ1) is 42.7. The van der Waals surface area contributed by atoms with Gasteiger partial charge in [0.2, 0.25) is 59.1 Å². The SMILES string of the molecule is CCCCCCCCCCCC(O)CC(=O)NC(CC(C)C)C(=O)NC(CCC(=O)O)C(=O)NC1C(=O)NC(C(C)CC)C(=O)NC(CC(C)C)C(=O)NC(CO)C(=O)NC(CC(C)C)C(=O)NC(CC(C)C)C(=O)NC(CO)C(=O)NC(C(C)C)C(=O)OC1C. The monoisotopic (exact) mass is 1290 g/mol. The van der Waals surface area contributed by atoms with Crippen LogP contribution in [0.5, 0.6) is 0 Å². The molecular formula is C64H114N10O17. The highest BCUT2D eigenvalue weighted by molar-refractivity contribution is 5.99. The summed E-state index contributed by atoms with van der Waals surface area (Å²) < 4.78 is 5.85. The molecule has 0 aromatic heterocycles. The number of cyclic esters (lactones) is 1. The number of rotatable bonds is 33. The summed E-state index contributed by atoms with van der Waals surface area (Å²) in [6.07, 6.45) is 5.80. The zero-order valence-corrected chi connectivity index (χ0v) is 56.6. The van der Waals surface area contributed by atoms with Gasteiger partial charge in [0.05, 0.1) is 25.7 Å². The maximum absolute atomic E-state index is 15.0. The Kier molecular flexibility index (Phi) is 39.3. The third kappa shape index (κ3) is 32.1. The van der Waals surface area contributed by atoms with E-state index in [9.17, 15) is 78.0 Å². The fraction of sp³-hybridized carbons (Fsp3) is 0.812. The van der Waals surface area contributed by atoms with Crippen molar-refractivity contribution in [1.29, 1.82) is 0 Å². The molecule has 522 valence electrons. The first-order valence-corrected chi connectivity index (χ1v) is 33.0. The van der Waals surface area contributed by atoms with Crippen LogP contribution in [-0.2, 0) is 62.3 Å². The molecule has 14 N–H and O–H groups in total. The molecule has 1 aliphatic rings. The number of amides is 10. The van der Waals surface area contributed by atoms with Crippen molar-refractivity contribution in [3.05, 3.63) is 0 Å². The number of aliphatic hydroxyl groups excluding tert-OH is 3. The minimum absolute atomic E-state index is 0.00513. The maximum atomic E-state index is 15.0. The Balaban J connectivity index is 4.02. The number of esters is 1. The first kappa shape index (κ1) is 82.5. The van der Waals surface area contributed by atoms with Gasteiger partial charge in [-0.05, 0) is 81.0 Å². The van der Waals surface area contributed by atoms with Crippen LogP contribution in [0.25, 0.3) is 0 Å². The molecule has 0 spiro atoms. The van der Waals surface area contributed by atoms with E-state index in [2.05, 4.69) is 60.1 Å². The Hall–Kier alpha value is -6.48. The van der Waals surface area contributed by atoms with Crippen LogP contribution in [0, 0.1) is 35.5 Å². The highest BCUT2D eigenvalue weighted by atomic mass is 16.5. The number of unbranched alkanes of at least 4 members (excludes halogenated alkanes) is 8. The lowest BCUT2D eigenvalue weighted by atomic mass is 9.96. The van der Waals surface area contributed by atoms with Gasteiger partial charge >= 0.3 is 11.9 Å². The van der Waals surface area contributed by atoms with Crippen molar-refractivity contribution >= 4 is 71.0 Å². The maximum Gasteiger partial charge on any atom is 0.329 e. The van der Waals surface area contributed by atoms with Crippen LogP contribution < -0.4 is 53.2 Å². The molecule has 0 bridgehead atoms.